The van der Waals surface area contributed by atoms with E-state index >= 15 is 4.39 Å². The van der Waals surface area contributed by atoms with Crippen LogP contribution in [-0.4, -0.2) is 57.1 Å². The van der Waals surface area contributed by atoms with Gasteiger partial charge >= 0.3 is 18.9 Å². The number of carbonyl (C=O) groups excluding carboxylic acids is 2. The molecule has 1 aliphatic rings. The standard InChI is InChI=1S/C30H23F4N7O4S/c1-18-3-4-20(13-44-15-30(32,33)34)25(11-18)41-26(42)14-46-29(41)38-28(43)37-24-10-5-19(12-23(24)31)27-36-16-40(39-27)21-6-8-22(9-7-21)45-17-35-2/h3-12,16H,13-15,17H2,1H3,(H,37,43)/b38-29-. The molecule has 11 nitrogen and oxygen atoms in total. The molecule has 0 spiro atoms. The first-order valence-electron chi connectivity index (χ1n) is 13.4. The van der Waals surface area contributed by atoms with Crippen LogP contribution in [0.5, 0.6) is 5.75 Å². The van der Waals surface area contributed by atoms with E-state index in [0.717, 1.165) is 22.7 Å². The number of anilines is 2. The van der Waals surface area contributed by atoms with Crippen LogP contribution in [0.15, 0.2) is 72.0 Å². The number of hydrogen-bond acceptors (Lipinski definition) is 7. The molecule has 3 aromatic carbocycles. The summed E-state index contributed by atoms with van der Waals surface area (Å²) in [6, 6.07) is 14.6. The number of thioether (sulfide) groups is 1. The monoisotopic (exact) mass is 653 g/mol. The van der Waals surface area contributed by atoms with E-state index in [1.165, 1.54) is 29.2 Å². The third kappa shape index (κ3) is 7.86. The van der Waals surface area contributed by atoms with Gasteiger partial charge in [0.05, 0.1) is 29.4 Å². The normalized spacial score (nSPS) is 14.0. The van der Waals surface area contributed by atoms with Gasteiger partial charge in [0, 0.05) is 11.1 Å². The molecule has 1 aliphatic heterocycles. The summed E-state index contributed by atoms with van der Waals surface area (Å²) in [5.74, 6) is -0.559. The number of carbonyl (C=O) groups is 2. The van der Waals surface area contributed by atoms with Gasteiger partial charge in [0.15, 0.2) is 11.0 Å². The average Bonchev–Trinajstić information content (AvgIpc) is 3.64. The van der Waals surface area contributed by atoms with Crippen molar-refractivity contribution in [3.63, 3.8) is 0 Å². The SMILES string of the molecule is [C-]#[N+]COc1ccc(-n2cnc(-c3ccc(NC(=O)/N=C4\SCC(=O)N4c4cc(C)ccc4COCC(F)(F)F)c(F)c3)n2)cc1. The second-order valence-electron chi connectivity index (χ2n) is 9.72. The number of ether oxygens (including phenoxy) is 2. The molecule has 0 aliphatic carbocycles. The van der Waals surface area contributed by atoms with Crippen LogP contribution in [0, 0.1) is 19.3 Å². The number of aromatic nitrogens is 3. The number of aliphatic imine (C=N–C) groups is 1. The van der Waals surface area contributed by atoms with Gasteiger partial charge in [0.25, 0.3) is 0 Å². The first kappa shape index (κ1) is 32.1. The second kappa shape index (κ2) is 13.8. The third-order valence-corrected chi connectivity index (χ3v) is 7.25. The summed E-state index contributed by atoms with van der Waals surface area (Å²) in [5.41, 5.74) is 2.03. The lowest BCUT2D eigenvalue weighted by Crippen LogP contribution is -2.31. The van der Waals surface area contributed by atoms with Gasteiger partial charge in [0.1, 0.15) is 24.5 Å². The molecule has 5 rings (SSSR count). The highest BCUT2D eigenvalue weighted by Crippen LogP contribution is 2.32. The maximum absolute atomic E-state index is 15.1. The molecule has 1 fully saturated rings. The lowest BCUT2D eigenvalue weighted by Gasteiger charge is -2.21. The van der Waals surface area contributed by atoms with E-state index in [4.69, 9.17) is 16.0 Å². The molecule has 0 radical (unpaired) electrons. The summed E-state index contributed by atoms with van der Waals surface area (Å²) >= 11 is 0.957. The van der Waals surface area contributed by atoms with Crippen molar-refractivity contribution in [3.8, 4) is 22.8 Å². The molecule has 4 aromatic rings. The van der Waals surface area contributed by atoms with Gasteiger partial charge in [-0.1, -0.05) is 23.9 Å². The van der Waals surface area contributed by atoms with Gasteiger partial charge < -0.3 is 14.8 Å². The molecule has 0 atom stereocenters. The Morgan fingerprint density at radius 2 is 1.93 bits per heavy atom. The van der Waals surface area contributed by atoms with Crippen LogP contribution in [0.4, 0.5) is 33.7 Å². The maximum Gasteiger partial charge on any atom is 0.411 e. The Kier molecular flexibility index (Phi) is 9.64. The second-order valence-corrected chi connectivity index (χ2v) is 10.7. The van der Waals surface area contributed by atoms with Gasteiger partial charge in [0.2, 0.25) is 5.91 Å². The fourth-order valence-electron chi connectivity index (χ4n) is 4.27. The molecule has 46 heavy (non-hydrogen) atoms. The van der Waals surface area contributed by atoms with Crippen LogP contribution in [-0.2, 0) is 16.1 Å². The molecule has 2 heterocycles. The van der Waals surface area contributed by atoms with Gasteiger partial charge in [-0.05, 0) is 61.0 Å². The number of hydrogen-bond donors (Lipinski definition) is 1. The Balaban J connectivity index is 1.29. The molecule has 0 unspecified atom stereocenters. The Hall–Kier alpha value is -5.27. The number of alkyl halides is 3. The highest BCUT2D eigenvalue weighted by molar-refractivity contribution is 8.15. The van der Waals surface area contributed by atoms with Crippen LogP contribution in [0.2, 0.25) is 0 Å². The molecular weight excluding hydrogens is 630 g/mol. The highest BCUT2D eigenvalue weighted by Gasteiger charge is 2.33. The largest absolute Gasteiger partial charge is 0.426 e. The molecule has 1 aromatic heterocycles. The van der Waals surface area contributed by atoms with Crippen molar-refractivity contribution in [3.05, 3.63) is 95.4 Å². The predicted molar refractivity (Wildman–Crippen MR) is 162 cm³/mol. The van der Waals surface area contributed by atoms with Crippen molar-refractivity contribution in [1.82, 2.24) is 14.8 Å². The van der Waals surface area contributed by atoms with E-state index in [1.54, 1.807) is 43.3 Å². The Morgan fingerprint density at radius 3 is 2.65 bits per heavy atom. The topological polar surface area (TPSA) is 115 Å². The van der Waals surface area contributed by atoms with Crippen LogP contribution >= 0.6 is 11.8 Å². The molecule has 0 saturated carbocycles. The Morgan fingerprint density at radius 1 is 1.15 bits per heavy atom. The van der Waals surface area contributed by atoms with Crippen molar-refractivity contribution in [2.24, 2.45) is 4.99 Å². The zero-order valence-corrected chi connectivity index (χ0v) is 24.7. The van der Waals surface area contributed by atoms with Crippen molar-refractivity contribution in [1.29, 1.82) is 0 Å². The number of amidine groups is 1. The maximum atomic E-state index is 15.1. The molecule has 1 saturated heterocycles. The minimum atomic E-state index is -4.52. The van der Waals surface area contributed by atoms with Gasteiger partial charge in [-0.2, -0.15) is 18.2 Å². The minimum Gasteiger partial charge on any atom is -0.426 e. The number of benzene rings is 3. The number of amides is 3. The van der Waals surface area contributed by atoms with E-state index in [9.17, 15) is 22.8 Å². The van der Waals surface area contributed by atoms with Gasteiger partial charge in [-0.25, -0.2) is 25.4 Å². The van der Waals surface area contributed by atoms with Crippen LogP contribution in [0.1, 0.15) is 11.1 Å². The predicted octanol–water partition coefficient (Wildman–Crippen LogP) is 6.38. The number of urea groups is 1. The van der Waals surface area contributed by atoms with Crippen molar-refractivity contribution in [2.75, 3.05) is 29.3 Å². The molecule has 1 N–H and O–H groups in total. The zero-order valence-electron chi connectivity index (χ0n) is 23.9. The first-order chi connectivity index (χ1) is 22.0. The van der Waals surface area contributed by atoms with E-state index in [-0.39, 0.29) is 34.9 Å². The zero-order chi connectivity index (χ0) is 32.8. The van der Waals surface area contributed by atoms with Crippen LogP contribution in [0.3, 0.4) is 0 Å². The molecule has 0 bridgehead atoms. The first-order valence-corrected chi connectivity index (χ1v) is 14.4. The molecule has 236 valence electrons. The summed E-state index contributed by atoms with van der Waals surface area (Å²) in [6.07, 6.45) is -3.08. The van der Waals surface area contributed by atoms with Crippen molar-refractivity contribution < 1.29 is 36.6 Å². The number of rotatable bonds is 9. The number of nitrogens with one attached hydrogen (secondary N) is 1. The summed E-state index contributed by atoms with van der Waals surface area (Å²) < 4.78 is 64.4. The summed E-state index contributed by atoms with van der Waals surface area (Å²) in [7, 11) is 0. The van der Waals surface area contributed by atoms with Crippen molar-refractivity contribution >= 4 is 40.2 Å². The lowest BCUT2D eigenvalue weighted by atomic mass is 10.1. The van der Waals surface area contributed by atoms with Crippen LogP contribution < -0.4 is 15.0 Å². The third-order valence-electron chi connectivity index (χ3n) is 6.33. The summed E-state index contributed by atoms with van der Waals surface area (Å²) in [5, 5.41) is 6.69. The summed E-state index contributed by atoms with van der Waals surface area (Å²) in [4.78, 5) is 38.0. The number of nitrogens with zero attached hydrogens (tertiary/aromatic N) is 6. The summed E-state index contributed by atoms with van der Waals surface area (Å²) in [6.45, 7) is 6.53. The van der Waals surface area contributed by atoms with Crippen LogP contribution in [0.25, 0.3) is 21.9 Å². The lowest BCUT2D eigenvalue weighted by molar-refractivity contribution is -0.176. The van der Waals surface area contributed by atoms with Gasteiger partial charge in [-0.15, -0.1) is 5.10 Å². The fraction of sp³-hybridized carbons (Fsp3) is 0.200. The Bertz CT molecular complexity index is 1840. The minimum absolute atomic E-state index is 0.0251. The molecule has 16 heteroatoms. The fourth-order valence-corrected chi connectivity index (χ4v) is 5.13. The Labute approximate surface area is 263 Å². The van der Waals surface area contributed by atoms with Crippen molar-refractivity contribution in [2.45, 2.75) is 19.7 Å². The van der Waals surface area contributed by atoms with E-state index in [2.05, 4.69) is 25.2 Å². The number of halogens is 4. The van der Waals surface area contributed by atoms with E-state index in [0.29, 0.717) is 28.1 Å². The average molecular weight is 654 g/mol. The number of aryl methyl sites for hydroxylation is 1. The highest BCUT2D eigenvalue weighted by atomic mass is 32.2. The molecule has 3 amide bonds. The van der Waals surface area contributed by atoms with Gasteiger partial charge in [-0.3, -0.25) is 14.5 Å². The smallest absolute Gasteiger partial charge is 0.411 e. The van der Waals surface area contributed by atoms with E-state index < -0.39 is 37.1 Å². The quantitative estimate of drug-likeness (QED) is 0.165. The van der Waals surface area contributed by atoms with E-state index in [1.807, 2.05) is 0 Å². The molecular formula is C30H23F4N7O4S.